The predicted molar refractivity (Wildman–Crippen MR) is 125 cm³/mol. The van der Waals surface area contributed by atoms with Crippen molar-refractivity contribution in [3.05, 3.63) is 89.8 Å². The fraction of sp³-hybridized carbons (Fsp3) is 0.154. The van der Waals surface area contributed by atoms with E-state index in [0.717, 1.165) is 23.8 Å². The highest BCUT2D eigenvalue weighted by atomic mass is 19.1. The third-order valence-electron chi connectivity index (χ3n) is 5.58. The van der Waals surface area contributed by atoms with Gasteiger partial charge in [-0.1, -0.05) is 41.1 Å². The van der Waals surface area contributed by atoms with Gasteiger partial charge in [0.05, 0.1) is 5.39 Å². The smallest absolute Gasteiger partial charge is 0.324 e. The number of fused-ring (bicyclic) bond motifs is 1. The summed E-state index contributed by atoms with van der Waals surface area (Å²) in [4.78, 5) is 14.5. The maximum Gasteiger partial charge on any atom is 0.324 e. The number of benzene rings is 3. The first-order chi connectivity index (χ1) is 16.1. The lowest BCUT2D eigenvalue weighted by molar-refractivity contribution is 0.207. The number of nitrogens with zero attached hydrogens (tertiary/aromatic N) is 2. The molecule has 4 aromatic rings. The molecule has 1 aliphatic heterocycles. The Labute approximate surface area is 190 Å². The average Bonchev–Trinajstić information content (AvgIpc) is 3.24. The number of halogens is 1. The van der Waals surface area contributed by atoms with E-state index in [0.29, 0.717) is 36.0 Å². The number of nitrogens with one attached hydrogen (secondary N) is 1. The van der Waals surface area contributed by atoms with Crippen LogP contribution in [0.3, 0.4) is 0 Å². The van der Waals surface area contributed by atoms with Crippen molar-refractivity contribution in [2.24, 2.45) is 0 Å². The summed E-state index contributed by atoms with van der Waals surface area (Å²) in [5, 5.41) is 7.58. The number of urea groups is 1. The number of hydrogen-bond donors (Lipinski definition) is 1. The van der Waals surface area contributed by atoms with Crippen LogP contribution in [0.2, 0.25) is 0 Å². The SMILES string of the molecule is O=C(Nc1onc2ccccc12)N1CCC(=Cc2cccc(Oc3ccc(F)cc3)c2)CC1. The molecule has 0 unspecified atom stereocenters. The summed E-state index contributed by atoms with van der Waals surface area (Å²) < 4.78 is 24.2. The summed E-state index contributed by atoms with van der Waals surface area (Å²) >= 11 is 0. The molecule has 1 saturated heterocycles. The molecule has 1 fully saturated rings. The van der Waals surface area contributed by atoms with E-state index in [1.54, 1.807) is 17.0 Å². The largest absolute Gasteiger partial charge is 0.457 e. The fourth-order valence-corrected chi connectivity index (χ4v) is 3.84. The van der Waals surface area contributed by atoms with E-state index in [1.165, 1.54) is 17.7 Å². The molecule has 0 bridgehead atoms. The number of hydrogen-bond acceptors (Lipinski definition) is 4. The van der Waals surface area contributed by atoms with Crippen LogP contribution in [0, 0.1) is 5.82 Å². The molecule has 1 aliphatic rings. The molecule has 0 spiro atoms. The Hall–Kier alpha value is -4.13. The van der Waals surface area contributed by atoms with Gasteiger partial charge in [0.1, 0.15) is 22.8 Å². The highest BCUT2D eigenvalue weighted by molar-refractivity contribution is 5.97. The number of aromatic nitrogens is 1. The quantitative estimate of drug-likeness (QED) is 0.392. The van der Waals surface area contributed by atoms with Gasteiger partial charge < -0.3 is 14.2 Å². The van der Waals surface area contributed by atoms with Crippen LogP contribution in [0.25, 0.3) is 17.0 Å². The molecular weight excluding hydrogens is 421 g/mol. The van der Waals surface area contributed by atoms with E-state index in [-0.39, 0.29) is 11.8 Å². The number of carbonyl (C=O) groups excluding carboxylic acids is 1. The van der Waals surface area contributed by atoms with Crippen LogP contribution in [0.1, 0.15) is 18.4 Å². The molecule has 2 amide bonds. The van der Waals surface area contributed by atoms with Crippen LogP contribution in [-0.4, -0.2) is 29.2 Å². The van der Waals surface area contributed by atoms with Gasteiger partial charge in [0, 0.05) is 13.1 Å². The van der Waals surface area contributed by atoms with Gasteiger partial charge in [0.2, 0.25) is 5.88 Å². The third kappa shape index (κ3) is 4.87. The first-order valence-electron chi connectivity index (χ1n) is 10.8. The molecule has 33 heavy (non-hydrogen) atoms. The zero-order chi connectivity index (χ0) is 22.6. The second kappa shape index (κ2) is 9.16. The molecule has 166 valence electrons. The number of ether oxygens (including phenoxy) is 1. The third-order valence-corrected chi connectivity index (χ3v) is 5.58. The minimum atomic E-state index is -0.296. The Morgan fingerprint density at radius 1 is 1.00 bits per heavy atom. The minimum absolute atomic E-state index is 0.189. The van der Waals surface area contributed by atoms with E-state index >= 15 is 0 Å². The summed E-state index contributed by atoms with van der Waals surface area (Å²) in [6.45, 7) is 1.24. The van der Waals surface area contributed by atoms with Crippen molar-refractivity contribution in [1.29, 1.82) is 0 Å². The summed E-state index contributed by atoms with van der Waals surface area (Å²) in [6, 6.07) is 21.0. The van der Waals surface area contributed by atoms with Crippen molar-refractivity contribution in [3.8, 4) is 11.5 Å². The highest BCUT2D eigenvalue weighted by Gasteiger charge is 2.21. The average molecular weight is 443 g/mol. The predicted octanol–water partition coefficient (Wildman–Crippen LogP) is 6.47. The molecule has 1 N–H and O–H groups in total. The van der Waals surface area contributed by atoms with Crippen LogP contribution in [0.15, 0.2) is 82.9 Å². The maximum atomic E-state index is 13.1. The van der Waals surface area contributed by atoms with Crippen molar-refractivity contribution < 1.29 is 18.4 Å². The normalized spacial score (nSPS) is 13.7. The number of amides is 2. The zero-order valence-electron chi connectivity index (χ0n) is 17.8. The molecule has 0 aliphatic carbocycles. The Morgan fingerprint density at radius 3 is 2.61 bits per heavy atom. The first kappa shape index (κ1) is 20.8. The molecule has 6 nitrogen and oxygen atoms in total. The number of anilines is 1. The maximum absolute atomic E-state index is 13.1. The molecule has 1 aromatic heterocycles. The lowest BCUT2D eigenvalue weighted by Crippen LogP contribution is -2.39. The van der Waals surface area contributed by atoms with Crippen molar-refractivity contribution >= 4 is 28.9 Å². The number of carbonyl (C=O) groups is 1. The van der Waals surface area contributed by atoms with Crippen molar-refractivity contribution in [1.82, 2.24) is 10.1 Å². The molecule has 3 aromatic carbocycles. The molecule has 0 radical (unpaired) electrons. The van der Waals surface area contributed by atoms with Gasteiger partial charge in [-0.2, -0.15) is 0 Å². The highest BCUT2D eigenvalue weighted by Crippen LogP contribution is 2.26. The molecular formula is C26H22FN3O3. The standard InChI is InChI=1S/C26H22FN3O3/c27-20-8-10-21(11-9-20)32-22-5-3-4-19(17-22)16-18-12-14-30(15-13-18)26(31)28-25-23-6-1-2-7-24(23)29-33-25/h1-11,16-17H,12-15H2,(H,28,31). The van der Waals surface area contributed by atoms with Gasteiger partial charge in [-0.25, -0.2) is 9.18 Å². The van der Waals surface area contributed by atoms with Crippen LogP contribution in [0.5, 0.6) is 11.5 Å². The van der Waals surface area contributed by atoms with Gasteiger partial charge in [0.15, 0.2) is 0 Å². The monoisotopic (exact) mass is 443 g/mol. The Balaban J connectivity index is 1.19. The van der Waals surface area contributed by atoms with E-state index in [9.17, 15) is 9.18 Å². The lowest BCUT2D eigenvalue weighted by Gasteiger charge is -2.28. The Kier molecular flexibility index (Phi) is 5.76. The van der Waals surface area contributed by atoms with Gasteiger partial charge >= 0.3 is 6.03 Å². The number of piperidine rings is 1. The van der Waals surface area contributed by atoms with Crippen molar-refractivity contribution in [2.45, 2.75) is 12.8 Å². The van der Waals surface area contributed by atoms with Crippen LogP contribution < -0.4 is 10.1 Å². The summed E-state index contributed by atoms with van der Waals surface area (Å²) in [5.41, 5.74) is 3.00. The summed E-state index contributed by atoms with van der Waals surface area (Å²) in [7, 11) is 0. The fourth-order valence-electron chi connectivity index (χ4n) is 3.84. The molecule has 7 heteroatoms. The van der Waals surface area contributed by atoms with E-state index in [2.05, 4.69) is 16.5 Å². The summed E-state index contributed by atoms with van der Waals surface area (Å²) in [5.74, 6) is 1.34. The van der Waals surface area contributed by atoms with Crippen molar-refractivity contribution in [3.63, 3.8) is 0 Å². The second-order valence-corrected chi connectivity index (χ2v) is 7.88. The van der Waals surface area contributed by atoms with Gasteiger partial charge in [-0.15, -0.1) is 0 Å². The number of rotatable bonds is 4. The second-order valence-electron chi connectivity index (χ2n) is 7.88. The van der Waals surface area contributed by atoms with Gasteiger partial charge in [0.25, 0.3) is 0 Å². The Morgan fingerprint density at radius 2 is 1.79 bits per heavy atom. The van der Waals surface area contributed by atoms with Crippen LogP contribution in [-0.2, 0) is 0 Å². The molecule has 0 atom stereocenters. The van der Waals surface area contributed by atoms with Crippen molar-refractivity contribution in [2.75, 3.05) is 18.4 Å². The minimum Gasteiger partial charge on any atom is -0.457 e. The lowest BCUT2D eigenvalue weighted by atomic mass is 10.0. The zero-order valence-corrected chi connectivity index (χ0v) is 17.8. The van der Waals surface area contributed by atoms with Gasteiger partial charge in [-0.05, 0) is 66.9 Å². The van der Waals surface area contributed by atoms with Crippen LogP contribution >= 0.6 is 0 Å². The molecule has 5 rings (SSSR count). The Bertz CT molecular complexity index is 1300. The van der Waals surface area contributed by atoms with Crippen LogP contribution in [0.4, 0.5) is 15.1 Å². The van der Waals surface area contributed by atoms with E-state index in [1.807, 2.05) is 48.5 Å². The van der Waals surface area contributed by atoms with E-state index in [4.69, 9.17) is 9.26 Å². The summed E-state index contributed by atoms with van der Waals surface area (Å²) in [6.07, 6.45) is 3.71. The molecule has 2 heterocycles. The topological polar surface area (TPSA) is 67.6 Å². The molecule has 0 saturated carbocycles. The first-order valence-corrected chi connectivity index (χ1v) is 10.8. The number of likely N-dealkylation sites (tertiary alicyclic amines) is 1. The van der Waals surface area contributed by atoms with E-state index < -0.39 is 0 Å². The van der Waals surface area contributed by atoms with Gasteiger partial charge in [-0.3, -0.25) is 5.32 Å².